The fourth-order valence-corrected chi connectivity index (χ4v) is 3.35. The molecule has 0 aliphatic carbocycles. The van der Waals surface area contributed by atoms with Crippen molar-refractivity contribution in [2.24, 2.45) is 0 Å². The zero-order valence-electron chi connectivity index (χ0n) is 14.1. The maximum atomic E-state index is 4.97. The average Bonchev–Trinajstić information content (AvgIpc) is 2.95. The largest absolute Gasteiger partial charge is 0.299 e. The van der Waals surface area contributed by atoms with E-state index in [0.717, 1.165) is 39.0 Å². The minimum Gasteiger partial charge on any atom is -0.299 e. The van der Waals surface area contributed by atoms with Gasteiger partial charge in [-0.3, -0.25) is 9.38 Å². The third-order valence-electron chi connectivity index (χ3n) is 4.76. The lowest BCUT2D eigenvalue weighted by Gasteiger charge is -2.04. The monoisotopic (exact) mass is 324 g/mol. The van der Waals surface area contributed by atoms with Gasteiger partial charge in [0.25, 0.3) is 0 Å². The number of hydrogen-bond donors (Lipinski definition) is 0. The van der Waals surface area contributed by atoms with Gasteiger partial charge in [0.15, 0.2) is 5.65 Å². The molecule has 25 heavy (non-hydrogen) atoms. The van der Waals surface area contributed by atoms with E-state index in [-0.39, 0.29) is 0 Å². The summed E-state index contributed by atoms with van der Waals surface area (Å²) >= 11 is 0. The molecule has 4 aromatic heterocycles. The summed E-state index contributed by atoms with van der Waals surface area (Å²) in [5, 5.41) is 0. The molecule has 0 aliphatic rings. The van der Waals surface area contributed by atoms with Crippen molar-refractivity contribution >= 4 is 27.7 Å². The Balaban J connectivity index is 2.00. The number of nitrogens with zero attached hydrogens (tertiary/aromatic N) is 4. The molecule has 0 N–H and O–H groups in total. The second kappa shape index (κ2) is 5.11. The maximum absolute atomic E-state index is 4.97. The van der Waals surface area contributed by atoms with Crippen LogP contribution in [0.25, 0.3) is 39.0 Å². The minimum absolute atomic E-state index is 0.868. The molecule has 0 bridgehead atoms. The summed E-state index contributed by atoms with van der Waals surface area (Å²) in [6.45, 7) is 4.22. The molecule has 5 aromatic rings. The van der Waals surface area contributed by atoms with Gasteiger partial charge in [-0.15, -0.1) is 0 Å². The van der Waals surface area contributed by atoms with Gasteiger partial charge < -0.3 is 0 Å². The molecule has 0 spiro atoms. The first-order chi connectivity index (χ1) is 12.2. The summed E-state index contributed by atoms with van der Waals surface area (Å²) in [6, 6.07) is 16.3. The second-order valence-corrected chi connectivity index (χ2v) is 6.37. The normalized spacial score (nSPS) is 11.6. The summed E-state index contributed by atoms with van der Waals surface area (Å²) in [7, 11) is 0. The van der Waals surface area contributed by atoms with Crippen molar-refractivity contribution in [2.45, 2.75) is 13.8 Å². The molecule has 4 heteroatoms. The van der Waals surface area contributed by atoms with Crippen LogP contribution < -0.4 is 0 Å². The van der Waals surface area contributed by atoms with Crippen LogP contribution in [-0.2, 0) is 0 Å². The minimum atomic E-state index is 0.868. The fourth-order valence-electron chi connectivity index (χ4n) is 3.35. The number of pyridine rings is 2. The molecule has 5 rings (SSSR count). The first-order valence-corrected chi connectivity index (χ1v) is 8.31. The second-order valence-electron chi connectivity index (χ2n) is 6.37. The molecule has 0 atom stereocenters. The van der Waals surface area contributed by atoms with Gasteiger partial charge in [-0.1, -0.05) is 12.1 Å². The molecule has 0 amide bonds. The highest BCUT2D eigenvalue weighted by atomic mass is 15.0. The van der Waals surface area contributed by atoms with Crippen molar-refractivity contribution in [1.29, 1.82) is 0 Å². The van der Waals surface area contributed by atoms with Crippen LogP contribution in [-0.4, -0.2) is 19.4 Å². The molecule has 120 valence electrons. The van der Waals surface area contributed by atoms with Crippen LogP contribution in [0.1, 0.15) is 11.1 Å². The molecule has 0 fully saturated rings. The molecule has 0 aliphatic heterocycles. The highest BCUT2D eigenvalue weighted by Gasteiger charge is 2.17. The Bertz CT molecular complexity index is 1250. The van der Waals surface area contributed by atoms with Gasteiger partial charge >= 0.3 is 0 Å². The molecule has 0 saturated carbocycles. The standard InChI is InChI=1S/C21H16N4/c1-13-11-16-17(12-14(13)2)24-21-20(23-16)19(15-7-3-5-9-22-15)18-8-4-6-10-25(18)21/h3-12H,1-2H3. The Morgan fingerprint density at radius 2 is 1.60 bits per heavy atom. The molecular formula is C21H16N4. The fraction of sp³-hybridized carbons (Fsp3) is 0.0952. The van der Waals surface area contributed by atoms with Crippen molar-refractivity contribution in [2.75, 3.05) is 0 Å². The van der Waals surface area contributed by atoms with Crippen LogP contribution in [0, 0.1) is 13.8 Å². The lowest BCUT2D eigenvalue weighted by molar-refractivity contribution is 1.20. The quantitative estimate of drug-likeness (QED) is 0.448. The Morgan fingerprint density at radius 3 is 2.36 bits per heavy atom. The van der Waals surface area contributed by atoms with Gasteiger partial charge in [0.05, 0.1) is 27.8 Å². The molecule has 0 saturated heterocycles. The van der Waals surface area contributed by atoms with Gasteiger partial charge in [0, 0.05) is 12.4 Å². The Labute approximate surface area is 144 Å². The molecule has 0 unspecified atom stereocenters. The van der Waals surface area contributed by atoms with E-state index in [1.807, 2.05) is 42.7 Å². The van der Waals surface area contributed by atoms with E-state index in [1.54, 1.807) is 0 Å². The summed E-state index contributed by atoms with van der Waals surface area (Å²) < 4.78 is 2.10. The van der Waals surface area contributed by atoms with Crippen LogP contribution in [0.4, 0.5) is 0 Å². The molecular weight excluding hydrogens is 308 g/mol. The van der Waals surface area contributed by atoms with Crippen LogP contribution in [0.5, 0.6) is 0 Å². The number of hydrogen-bond acceptors (Lipinski definition) is 3. The number of benzene rings is 1. The van der Waals surface area contributed by atoms with Crippen LogP contribution in [0.3, 0.4) is 0 Å². The number of fused-ring (bicyclic) bond motifs is 4. The van der Waals surface area contributed by atoms with Gasteiger partial charge in [0.1, 0.15) is 5.52 Å². The van der Waals surface area contributed by atoms with Gasteiger partial charge in [-0.05, 0) is 61.4 Å². The smallest absolute Gasteiger partial charge is 0.164 e. The van der Waals surface area contributed by atoms with E-state index in [4.69, 9.17) is 9.97 Å². The highest BCUT2D eigenvalue weighted by Crippen LogP contribution is 2.33. The molecule has 4 nitrogen and oxygen atoms in total. The predicted molar refractivity (Wildman–Crippen MR) is 101 cm³/mol. The van der Waals surface area contributed by atoms with E-state index in [2.05, 4.69) is 41.4 Å². The topological polar surface area (TPSA) is 43.1 Å². The van der Waals surface area contributed by atoms with Crippen LogP contribution >= 0.6 is 0 Å². The number of rotatable bonds is 1. The van der Waals surface area contributed by atoms with E-state index in [1.165, 1.54) is 11.1 Å². The van der Waals surface area contributed by atoms with Crippen molar-refractivity contribution < 1.29 is 0 Å². The van der Waals surface area contributed by atoms with Crippen molar-refractivity contribution in [1.82, 2.24) is 19.4 Å². The number of aryl methyl sites for hydroxylation is 2. The SMILES string of the molecule is Cc1cc2nc3c(-c4ccccn4)c4ccccn4c3nc2cc1C. The number of aromatic nitrogens is 4. The van der Waals surface area contributed by atoms with E-state index in [0.29, 0.717) is 0 Å². The van der Waals surface area contributed by atoms with Gasteiger partial charge in [0.2, 0.25) is 0 Å². The third kappa shape index (κ3) is 2.04. The van der Waals surface area contributed by atoms with E-state index >= 15 is 0 Å². The van der Waals surface area contributed by atoms with Crippen molar-refractivity contribution in [3.63, 3.8) is 0 Å². The lowest BCUT2D eigenvalue weighted by Crippen LogP contribution is -1.91. The van der Waals surface area contributed by atoms with Crippen molar-refractivity contribution in [3.05, 3.63) is 72.1 Å². The van der Waals surface area contributed by atoms with E-state index < -0.39 is 0 Å². The Hall–Kier alpha value is -3.27. The van der Waals surface area contributed by atoms with Crippen molar-refractivity contribution in [3.8, 4) is 11.3 Å². The first kappa shape index (κ1) is 14.1. The summed E-state index contributed by atoms with van der Waals surface area (Å²) in [4.78, 5) is 14.4. The predicted octanol–water partition coefficient (Wildman–Crippen LogP) is 4.71. The third-order valence-corrected chi connectivity index (χ3v) is 4.76. The zero-order chi connectivity index (χ0) is 17.0. The first-order valence-electron chi connectivity index (χ1n) is 8.31. The molecule has 4 heterocycles. The Kier molecular flexibility index (Phi) is 2.88. The van der Waals surface area contributed by atoms with E-state index in [9.17, 15) is 0 Å². The Morgan fingerprint density at radius 1 is 0.840 bits per heavy atom. The van der Waals surface area contributed by atoms with Crippen LogP contribution in [0.15, 0.2) is 60.9 Å². The average molecular weight is 324 g/mol. The molecule has 1 aromatic carbocycles. The zero-order valence-corrected chi connectivity index (χ0v) is 14.1. The van der Waals surface area contributed by atoms with Crippen LogP contribution in [0.2, 0.25) is 0 Å². The maximum Gasteiger partial charge on any atom is 0.164 e. The summed E-state index contributed by atoms with van der Waals surface area (Å²) in [5.74, 6) is 0. The van der Waals surface area contributed by atoms with Gasteiger partial charge in [-0.2, -0.15) is 0 Å². The van der Waals surface area contributed by atoms with Gasteiger partial charge in [-0.25, -0.2) is 9.97 Å². The molecule has 0 radical (unpaired) electrons. The lowest BCUT2D eigenvalue weighted by atomic mass is 10.1. The summed E-state index contributed by atoms with van der Waals surface area (Å²) in [6.07, 6.45) is 3.85. The summed E-state index contributed by atoms with van der Waals surface area (Å²) in [5.41, 5.74) is 9.07. The highest BCUT2D eigenvalue weighted by molar-refractivity contribution is 6.03.